The lowest BCUT2D eigenvalue weighted by Gasteiger charge is -2.23. The molecule has 0 aliphatic rings. The molecule has 1 atom stereocenters. The first-order valence-corrected chi connectivity index (χ1v) is 13.4. The molecule has 7 heteroatoms. The minimum atomic E-state index is -3.86. The Hall–Kier alpha value is -2.61. The van der Waals surface area contributed by atoms with Gasteiger partial charge in [0.1, 0.15) is 0 Å². The van der Waals surface area contributed by atoms with Crippen molar-refractivity contribution in [2.24, 2.45) is 0 Å². The van der Waals surface area contributed by atoms with Gasteiger partial charge < -0.3 is 5.32 Å². The molecule has 0 saturated heterocycles. The fourth-order valence-corrected chi connectivity index (χ4v) is 5.20. The number of nitrogens with zero attached hydrogens (tertiary/aromatic N) is 1. The van der Waals surface area contributed by atoms with Crippen molar-refractivity contribution in [3.8, 4) is 0 Å². The third-order valence-corrected chi connectivity index (χ3v) is 8.00. The topological polar surface area (TPSA) is 66.5 Å². The highest BCUT2D eigenvalue weighted by Gasteiger charge is 2.27. The molecule has 0 radical (unpaired) electrons. The van der Waals surface area contributed by atoms with Gasteiger partial charge in [-0.25, -0.2) is 8.42 Å². The molecule has 174 valence electrons. The lowest BCUT2D eigenvalue weighted by molar-refractivity contribution is -0.122. The first-order chi connectivity index (χ1) is 15.7. The Bertz CT molecular complexity index is 1170. The van der Waals surface area contributed by atoms with E-state index in [9.17, 15) is 13.2 Å². The standard InChI is InChI=1S/C26H30N2O3S2/c1-19-5-9-22(10-6-19)17-28(33(30,31)25-15-7-20(2)8-16-25)18-26(29)27-21(3)23-11-13-24(32-4)14-12-23/h5-16,21H,17-18H2,1-4H3,(H,27,29)/t21-/m0/s1. The average Bonchev–Trinajstić information content (AvgIpc) is 2.80. The van der Waals surface area contributed by atoms with Crippen LogP contribution in [0.3, 0.4) is 0 Å². The number of aryl methyl sites for hydroxylation is 2. The maximum Gasteiger partial charge on any atom is 0.243 e. The molecule has 0 aliphatic heterocycles. The normalized spacial score (nSPS) is 12.5. The number of hydrogen-bond acceptors (Lipinski definition) is 4. The van der Waals surface area contributed by atoms with Crippen LogP contribution >= 0.6 is 11.8 Å². The van der Waals surface area contributed by atoms with Gasteiger partial charge in [-0.1, -0.05) is 59.7 Å². The number of rotatable bonds is 9. The van der Waals surface area contributed by atoms with E-state index in [1.807, 2.05) is 75.6 Å². The van der Waals surface area contributed by atoms with Crippen molar-refractivity contribution in [3.63, 3.8) is 0 Å². The number of nitrogens with one attached hydrogen (secondary N) is 1. The summed E-state index contributed by atoms with van der Waals surface area (Å²) in [5.41, 5.74) is 3.85. The lowest BCUT2D eigenvalue weighted by atomic mass is 10.1. The Morgan fingerprint density at radius 2 is 1.45 bits per heavy atom. The fraction of sp³-hybridized carbons (Fsp3) is 0.269. The van der Waals surface area contributed by atoms with E-state index in [1.165, 1.54) is 4.31 Å². The maximum atomic E-state index is 13.4. The Labute approximate surface area is 201 Å². The molecule has 5 nitrogen and oxygen atoms in total. The summed E-state index contributed by atoms with van der Waals surface area (Å²) in [5.74, 6) is -0.348. The van der Waals surface area contributed by atoms with Crippen molar-refractivity contribution in [2.75, 3.05) is 12.8 Å². The first-order valence-electron chi connectivity index (χ1n) is 10.7. The summed E-state index contributed by atoms with van der Waals surface area (Å²) in [6, 6.07) is 22.1. The highest BCUT2D eigenvalue weighted by molar-refractivity contribution is 7.98. The van der Waals surface area contributed by atoms with Crippen molar-refractivity contribution in [1.29, 1.82) is 0 Å². The minimum Gasteiger partial charge on any atom is -0.348 e. The van der Waals surface area contributed by atoms with Crippen LogP contribution in [0.1, 0.15) is 35.2 Å². The van der Waals surface area contributed by atoms with E-state index in [-0.39, 0.29) is 29.9 Å². The van der Waals surface area contributed by atoms with Gasteiger partial charge in [0.15, 0.2) is 0 Å². The van der Waals surface area contributed by atoms with Gasteiger partial charge in [0.2, 0.25) is 15.9 Å². The third-order valence-electron chi connectivity index (χ3n) is 5.45. The summed E-state index contributed by atoms with van der Waals surface area (Å²) < 4.78 is 28.1. The van der Waals surface area contributed by atoms with Crippen LogP contribution in [0, 0.1) is 13.8 Å². The van der Waals surface area contributed by atoms with Crippen molar-refractivity contribution >= 4 is 27.7 Å². The summed E-state index contributed by atoms with van der Waals surface area (Å²) in [6.45, 7) is 5.62. The van der Waals surface area contributed by atoms with E-state index in [0.717, 1.165) is 27.1 Å². The van der Waals surface area contributed by atoms with Gasteiger partial charge in [-0.15, -0.1) is 11.8 Å². The van der Waals surface area contributed by atoms with E-state index in [4.69, 9.17) is 0 Å². The zero-order valence-electron chi connectivity index (χ0n) is 19.4. The van der Waals surface area contributed by atoms with E-state index in [2.05, 4.69) is 5.32 Å². The summed E-state index contributed by atoms with van der Waals surface area (Å²) >= 11 is 1.65. The predicted octanol–water partition coefficient (Wildman–Crippen LogP) is 5.09. The molecule has 0 heterocycles. The molecule has 33 heavy (non-hydrogen) atoms. The fourth-order valence-electron chi connectivity index (χ4n) is 3.41. The largest absolute Gasteiger partial charge is 0.348 e. The minimum absolute atomic E-state index is 0.112. The van der Waals surface area contributed by atoms with Crippen LogP contribution in [0.25, 0.3) is 0 Å². The molecular weight excluding hydrogens is 452 g/mol. The second-order valence-electron chi connectivity index (χ2n) is 8.13. The van der Waals surface area contributed by atoms with Gasteiger partial charge in [0, 0.05) is 11.4 Å². The van der Waals surface area contributed by atoms with Crippen molar-refractivity contribution < 1.29 is 13.2 Å². The summed E-state index contributed by atoms with van der Waals surface area (Å²) in [5, 5.41) is 2.94. The molecule has 0 aliphatic carbocycles. The SMILES string of the molecule is CSc1ccc([C@H](C)NC(=O)CN(Cc2ccc(C)cc2)S(=O)(=O)c2ccc(C)cc2)cc1. The quantitative estimate of drug-likeness (QED) is 0.431. The summed E-state index contributed by atoms with van der Waals surface area (Å²) in [6.07, 6.45) is 2.01. The van der Waals surface area contributed by atoms with Gasteiger partial charge in [-0.05, 0) is 62.4 Å². The summed E-state index contributed by atoms with van der Waals surface area (Å²) in [4.78, 5) is 14.2. The Morgan fingerprint density at radius 3 is 2.00 bits per heavy atom. The predicted molar refractivity (Wildman–Crippen MR) is 135 cm³/mol. The molecule has 0 aromatic heterocycles. The number of benzene rings is 3. The highest BCUT2D eigenvalue weighted by atomic mass is 32.2. The van der Waals surface area contributed by atoms with Crippen molar-refractivity contribution in [3.05, 3.63) is 95.1 Å². The average molecular weight is 483 g/mol. The number of carbonyl (C=O) groups excluding carboxylic acids is 1. The van der Waals surface area contributed by atoms with Crippen molar-refractivity contribution in [1.82, 2.24) is 9.62 Å². The molecule has 0 unspecified atom stereocenters. The van der Waals surface area contributed by atoms with E-state index >= 15 is 0 Å². The third kappa shape index (κ3) is 6.69. The molecule has 3 aromatic rings. The van der Waals surface area contributed by atoms with Gasteiger partial charge in [0.05, 0.1) is 17.5 Å². The van der Waals surface area contributed by atoms with E-state index < -0.39 is 10.0 Å². The Balaban J connectivity index is 1.81. The first kappa shape index (κ1) is 25.0. The number of hydrogen-bond donors (Lipinski definition) is 1. The second-order valence-corrected chi connectivity index (χ2v) is 11.0. The Morgan fingerprint density at radius 1 is 0.909 bits per heavy atom. The van der Waals surface area contributed by atoms with Gasteiger partial charge in [-0.3, -0.25) is 4.79 Å². The van der Waals surface area contributed by atoms with Gasteiger partial charge in [-0.2, -0.15) is 4.31 Å². The molecule has 0 spiro atoms. The van der Waals surface area contributed by atoms with E-state index in [0.29, 0.717) is 0 Å². The number of amides is 1. The molecule has 1 N–H and O–H groups in total. The van der Waals surface area contributed by atoms with Crippen LogP contribution in [0.4, 0.5) is 0 Å². The Kier molecular flexibility index (Phi) is 8.35. The smallest absolute Gasteiger partial charge is 0.243 e. The molecule has 0 bridgehead atoms. The van der Waals surface area contributed by atoms with Crippen LogP contribution in [0.5, 0.6) is 0 Å². The van der Waals surface area contributed by atoms with Crippen LogP contribution < -0.4 is 5.32 Å². The number of sulfonamides is 1. The van der Waals surface area contributed by atoms with Gasteiger partial charge >= 0.3 is 0 Å². The highest BCUT2D eigenvalue weighted by Crippen LogP contribution is 2.21. The van der Waals surface area contributed by atoms with Crippen LogP contribution in [0.15, 0.2) is 82.6 Å². The summed E-state index contributed by atoms with van der Waals surface area (Å²) in [7, 11) is -3.86. The molecule has 0 fully saturated rings. The monoisotopic (exact) mass is 482 g/mol. The molecular formula is C26H30N2O3S2. The van der Waals surface area contributed by atoms with Crippen LogP contribution in [-0.2, 0) is 21.4 Å². The lowest BCUT2D eigenvalue weighted by Crippen LogP contribution is -2.41. The van der Waals surface area contributed by atoms with Gasteiger partial charge in [0.25, 0.3) is 0 Å². The molecule has 0 saturated carbocycles. The van der Waals surface area contributed by atoms with E-state index in [1.54, 1.807) is 36.0 Å². The molecule has 1 amide bonds. The molecule has 3 aromatic carbocycles. The van der Waals surface area contributed by atoms with Crippen LogP contribution in [-0.4, -0.2) is 31.4 Å². The van der Waals surface area contributed by atoms with Crippen molar-refractivity contribution in [2.45, 2.75) is 43.1 Å². The zero-order chi connectivity index (χ0) is 24.0. The number of carbonyl (C=O) groups is 1. The second kappa shape index (κ2) is 11.0. The molecule has 3 rings (SSSR count). The van der Waals surface area contributed by atoms with Crippen LogP contribution in [0.2, 0.25) is 0 Å². The zero-order valence-corrected chi connectivity index (χ0v) is 21.0. The number of thioether (sulfide) groups is 1. The maximum absolute atomic E-state index is 13.4.